The van der Waals surface area contributed by atoms with E-state index in [1.807, 2.05) is 6.08 Å². The summed E-state index contributed by atoms with van der Waals surface area (Å²) in [6.45, 7) is 4.63. The molecule has 0 aromatic carbocycles. The number of hydrogen-bond acceptors (Lipinski definition) is 2. The quantitative estimate of drug-likeness (QED) is 0.689. The molecule has 23 heavy (non-hydrogen) atoms. The van der Waals surface area contributed by atoms with Crippen molar-refractivity contribution in [2.24, 2.45) is 28.6 Å². The second kappa shape index (κ2) is 4.73. The summed E-state index contributed by atoms with van der Waals surface area (Å²) in [4.78, 5) is 11.8. The molecular weight excluding hydrogens is 284 g/mol. The van der Waals surface area contributed by atoms with Gasteiger partial charge in [0.05, 0.1) is 0 Å². The Balaban J connectivity index is 1.70. The molecule has 0 heterocycles. The molecule has 0 spiro atoms. The topological polar surface area (TPSA) is 37.3 Å². The van der Waals surface area contributed by atoms with Crippen LogP contribution in [0.3, 0.4) is 0 Å². The molecule has 4 aliphatic carbocycles. The average molecular weight is 312 g/mol. The van der Waals surface area contributed by atoms with Crippen LogP contribution in [0.15, 0.2) is 11.6 Å². The number of carbonyl (C=O) groups excluding carboxylic acids is 1. The molecule has 2 heteroatoms. The van der Waals surface area contributed by atoms with E-state index in [1.54, 1.807) is 0 Å². The zero-order valence-electron chi connectivity index (χ0n) is 14.4. The molecule has 0 radical (unpaired) electrons. The first kappa shape index (κ1) is 15.5. The van der Waals surface area contributed by atoms with E-state index in [4.69, 9.17) is 6.42 Å². The largest absolute Gasteiger partial charge is 0.377 e. The molecule has 0 unspecified atom stereocenters. The number of fused-ring (bicyclic) bond motifs is 5. The molecule has 6 atom stereocenters. The van der Waals surface area contributed by atoms with E-state index in [0.717, 1.165) is 38.5 Å². The van der Waals surface area contributed by atoms with Gasteiger partial charge in [0.1, 0.15) is 5.60 Å². The van der Waals surface area contributed by atoms with Gasteiger partial charge in [0.2, 0.25) is 0 Å². The molecule has 0 aliphatic heterocycles. The van der Waals surface area contributed by atoms with Crippen LogP contribution >= 0.6 is 0 Å². The number of aliphatic hydroxyl groups is 1. The molecule has 0 aromatic heterocycles. The predicted octanol–water partition coefficient (Wildman–Crippen LogP) is 3.88. The highest BCUT2D eigenvalue weighted by Gasteiger charge is 2.63. The first-order valence-electron chi connectivity index (χ1n) is 9.28. The normalized spacial score (nSPS) is 52.0. The maximum absolute atomic E-state index is 11.8. The molecule has 124 valence electrons. The van der Waals surface area contributed by atoms with Gasteiger partial charge in [-0.2, -0.15) is 0 Å². The molecule has 1 N–H and O–H groups in total. The zero-order chi connectivity index (χ0) is 16.5. The third kappa shape index (κ3) is 1.84. The van der Waals surface area contributed by atoms with Crippen molar-refractivity contribution in [1.29, 1.82) is 0 Å². The monoisotopic (exact) mass is 312 g/mol. The van der Waals surface area contributed by atoms with Gasteiger partial charge < -0.3 is 5.11 Å². The molecule has 2 nitrogen and oxygen atoms in total. The highest BCUT2D eigenvalue weighted by Crippen LogP contribution is 2.67. The average Bonchev–Trinajstić information content (AvgIpc) is 2.80. The smallest absolute Gasteiger partial charge is 0.155 e. The summed E-state index contributed by atoms with van der Waals surface area (Å²) in [5, 5.41) is 11.0. The van der Waals surface area contributed by atoms with Crippen molar-refractivity contribution >= 4 is 5.78 Å². The lowest BCUT2D eigenvalue weighted by molar-refractivity contribution is -0.119. The maximum Gasteiger partial charge on any atom is 0.155 e. The first-order valence-corrected chi connectivity index (χ1v) is 9.28. The second-order valence-electron chi connectivity index (χ2n) is 8.97. The van der Waals surface area contributed by atoms with Crippen molar-refractivity contribution < 1.29 is 9.90 Å². The lowest BCUT2D eigenvalue weighted by Crippen LogP contribution is -2.54. The highest BCUT2D eigenvalue weighted by atomic mass is 16.3. The fourth-order valence-electron chi connectivity index (χ4n) is 6.81. The standard InChI is InChI=1S/C21H28O2/c1-4-21(23)12-9-18-16-6-5-14-13-15(22)7-10-19(14,2)17(16)8-11-20(18,21)3/h1,13,16-18,23H,5-12H2,2-3H3/t16-,17+,18-,19-,20+,21+/m0/s1. The van der Waals surface area contributed by atoms with Gasteiger partial charge in [-0.1, -0.05) is 25.3 Å². The maximum atomic E-state index is 11.8. The fourth-order valence-corrected chi connectivity index (χ4v) is 6.81. The lowest BCUT2D eigenvalue weighted by atomic mass is 9.46. The van der Waals surface area contributed by atoms with Crippen LogP contribution < -0.4 is 0 Å². The number of allylic oxidation sites excluding steroid dienone is 1. The third-order valence-corrected chi connectivity index (χ3v) is 8.35. The van der Waals surface area contributed by atoms with Crippen LogP contribution in [0.4, 0.5) is 0 Å². The van der Waals surface area contributed by atoms with Gasteiger partial charge in [-0.15, -0.1) is 6.42 Å². The Morgan fingerprint density at radius 1 is 1.13 bits per heavy atom. The van der Waals surface area contributed by atoms with Crippen LogP contribution in [0.2, 0.25) is 0 Å². The predicted molar refractivity (Wildman–Crippen MR) is 90.5 cm³/mol. The molecule has 0 bridgehead atoms. The van der Waals surface area contributed by atoms with E-state index < -0.39 is 5.60 Å². The molecule has 0 saturated heterocycles. The third-order valence-electron chi connectivity index (χ3n) is 8.35. The number of ketones is 1. The Morgan fingerprint density at radius 3 is 2.61 bits per heavy atom. The molecule has 3 fully saturated rings. The van der Waals surface area contributed by atoms with E-state index in [1.165, 1.54) is 12.0 Å². The van der Waals surface area contributed by atoms with Gasteiger partial charge in [0.15, 0.2) is 5.78 Å². The molecular formula is C21H28O2. The summed E-state index contributed by atoms with van der Waals surface area (Å²) in [5.74, 6) is 4.93. The minimum atomic E-state index is -0.914. The number of carbonyl (C=O) groups is 1. The fraction of sp³-hybridized carbons (Fsp3) is 0.762. The minimum Gasteiger partial charge on any atom is -0.377 e. The Hall–Kier alpha value is -1.07. The molecule has 3 saturated carbocycles. The van der Waals surface area contributed by atoms with Crippen LogP contribution in [0, 0.1) is 40.9 Å². The van der Waals surface area contributed by atoms with Gasteiger partial charge in [0, 0.05) is 11.8 Å². The number of rotatable bonds is 0. The summed E-state index contributed by atoms with van der Waals surface area (Å²) in [6, 6.07) is 0. The van der Waals surface area contributed by atoms with Gasteiger partial charge in [0.25, 0.3) is 0 Å². The molecule has 4 rings (SSSR count). The number of hydrogen-bond donors (Lipinski definition) is 1. The van der Waals surface area contributed by atoms with Crippen molar-refractivity contribution in [3.05, 3.63) is 11.6 Å². The molecule has 0 amide bonds. The van der Waals surface area contributed by atoms with Crippen molar-refractivity contribution in [2.75, 3.05) is 0 Å². The summed E-state index contributed by atoms with van der Waals surface area (Å²) in [6.07, 6.45) is 15.6. The Bertz CT molecular complexity index is 626. The van der Waals surface area contributed by atoms with Crippen molar-refractivity contribution in [3.63, 3.8) is 0 Å². The minimum absolute atomic E-state index is 0.120. The number of terminal acetylenes is 1. The van der Waals surface area contributed by atoms with Crippen molar-refractivity contribution in [3.8, 4) is 12.3 Å². The van der Waals surface area contributed by atoms with Gasteiger partial charge in [-0.05, 0) is 74.2 Å². The summed E-state index contributed by atoms with van der Waals surface area (Å²) >= 11 is 0. The van der Waals surface area contributed by atoms with E-state index in [0.29, 0.717) is 30.0 Å². The zero-order valence-corrected chi connectivity index (χ0v) is 14.4. The van der Waals surface area contributed by atoms with Crippen LogP contribution in [0.5, 0.6) is 0 Å². The second-order valence-corrected chi connectivity index (χ2v) is 8.97. The van der Waals surface area contributed by atoms with Crippen molar-refractivity contribution in [2.45, 2.75) is 70.8 Å². The lowest BCUT2D eigenvalue weighted by Gasteiger charge is -2.58. The van der Waals surface area contributed by atoms with Gasteiger partial charge in [-0.25, -0.2) is 0 Å². The van der Waals surface area contributed by atoms with Crippen LogP contribution in [0.25, 0.3) is 0 Å². The van der Waals surface area contributed by atoms with E-state index in [-0.39, 0.29) is 10.8 Å². The van der Waals surface area contributed by atoms with Crippen molar-refractivity contribution in [1.82, 2.24) is 0 Å². The Kier molecular flexibility index (Phi) is 3.18. The van der Waals surface area contributed by atoms with Crippen LogP contribution in [-0.2, 0) is 4.79 Å². The SMILES string of the molecule is C#C[C@@]1(O)CC[C@H]2[C@H]3CCC4=CC(=O)CC[C@]4(C)[C@@H]3CC[C@]21C. The van der Waals surface area contributed by atoms with Crippen LogP contribution in [-0.4, -0.2) is 16.5 Å². The van der Waals surface area contributed by atoms with E-state index in [2.05, 4.69) is 19.8 Å². The summed E-state index contributed by atoms with van der Waals surface area (Å²) in [5.41, 5.74) is 0.575. The Morgan fingerprint density at radius 2 is 1.87 bits per heavy atom. The molecule has 4 aliphatic rings. The molecule has 0 aromatic rings. The van der Waals surface area contributed by atoms with Gasteiger partial charge in [-0.3, -0.25) is 4.79 Å². The highest BCUT2D eigenvalue weighted by molar-refractivity contribution is 5.91. The first-order chi connectivity index (χ1) is 10.8. The Labute approximate surface area is 139 Å². The van der Waals surface area contributed by atoms with E-state index >= 15 is 0 Å². The summed E-state index contributed by atoms with van der Waals surface area (Å²) in [7, 11) is 0. The summed E-state index contributed by atoms with van der Waals surface area (Å²) < 4.78 is 0. The van der Waals surface area contributed by atoms with Gasteiger partial charge >= 0.3 is 0 Å². The van der Waals surface area contributed by atoms with E-state index in [9.17, 15) is 9.90 Å². The van der Waals surface area contributed by atoms with Crippen LogP contribution in [0.1, 0.15) is 65.2 Å².